The summed E-state index contributed by atoms with van der Waals surface area (Å²) >= 11 is 4.88. The Morgan fingerprint density at radius 3 is 2.86 bits per heavy atom. The Morgan fingerprint density at radius 2 is 2.21 bits per heavy atom. The first-order valence-electron chi connectivity index (χ1n) is 4.62. The minimum absolute atomic E-state index is 0.288. The first kappa shape index (κ1) is 9.33. The first-order valence-corrected chi connectivity index (χ1v) is 5.03. The number of hydrogen-bond acceptors (Lipinski definition) is 4. The monoisotopic (exact) mass is 208 g/mol. The summed E-state index contributed by atoms with van der Waals surface area (Å²) in [5, 5.41) is 3.22. The number of aromatic nitrogens is 2. The van der Waals surface area contributed by atoms with Crippen molar-refractivity contribution in [3.05, 3.63) is 18.1 Å². The van der Waals surface area contributed by atoms with Crippen LogP contribution in [0.2, 0.25) is 0 Å². The van der Waals surface area contributed by atoms with E-state index in [1.165, 1.54) is 12.8 Å². The molecule has 0 aliphatic heterocycles. The van der Waals surface area contributed by atoms with Gasteiger partial charge in [-0.2, -0.15) is 0 Å². The first-order chi connectivity index (χ1) is 6.77. The highest BCUT2D eigenvalue weighted by molar-refractivity contribution is 7.80. The summed E-state index contributed by atoms with van der Waals surface area (Å²) in [5.74, 6) is 1.49. The Morgan fingerprint density at radius 1 is 1.50 bits per heavy atom. The molecule has 0 radical (unpaired) electrons. The van der Waals surface area contributed by atoms with E-state index < -0.39 is 0 Å². The number of thiocarbonyl (C=S) groups is 1. The molecule has 0 aromatic carbocycles. The van der Waals surface area contributed by atoms with Crippen molar-refractivity contribution in [3.8, 4) is 0 Å². The highest BCUT2D eigenvalue weighted by Crippen LogP contribution is 2.28. The van der Waals surface area contributed by atoms with Gasteiger partial charge in [0, 0.05) is 18.9 Å². The molecule has 1 aliphatic carbocycles. The predicted octanol–water partition coefficient (Wildman–Crippen LogP) is 0.933. The maximum Gasteiger partial charge on any atom is 0.155 e. The van der Waals surface area contributed by atoms with Crippen LogP contribution in [-0.4, -0.2) is 21.5 Å². The van der Waals surface area contributed by atoms with E-state index in [-0.39, 0.29) is 4.99 Å². The second-order valence-corrected chi connectivity index (χ2v) is 3.88. The molecule has 4 nitrogen and oxygen atoms in total. The third kappa shape index (κ3) is 2.17. The molecule has 0 spiro atoms. The molecule has 1 aromatic rings. The van der Waals surface area contributed by atoms with E-state index in [4.69, 9.17) is 18.0 Å². The average molecular weight is 208 g/mol. The molecule has 0 atom stereocenters. The van der Waals surface area contributed by atoms with Gasteiger partial charge in [0.2, 0.25) is 0 Å². The van der Waals surface area contributed by atoms with Gasteiger partial charge in [0.15, 0.2) is 5.82 Å². The SMILES string of the molecule is NC(=S)c1nccnc1NCC1CC1. The van der Waals surface area contributed by atoms with Gasteiger partial charge in [-0.1, -0.05) is 12.2 Å². The lowest BCUT2D eigenvalue weighted by Gasteiger charge is -2.07. The minimum Gasteiger partial charge on any atom is -0.388 e. The molecule has 1 heterocycles. The second-order valence-electron chi connectivity index (χ2n) is 3.44. The van der Waals surface area contributed by atoms with Crippen LogP contribution in [0.25, 0.3) is 0 Å². The Kier molecular flexibility index (Phi) is 2.58. The largest absolute Gasteiger partial charge is 0.388 e. The number of nitrogens with one attached hydrogen (secondary N) is 1. The molecular formula is C9H12N4S. The van der Waals surface area contributed by atoms with E-state index in [0.717, 1.165) is 12.5 Å². The molecule has 1 aliphatic rings. The van der Waals surface area contributed by atoms with Crippen molar-refractivity contribution >= 4 is 23.0 Å². The molecule has 0 unspecified atom stereocenters. The van der Waals surface area contributed by atoms with Gasteiger partial charge in [-0.3, -0.25) is 0 Å². The van der Waals surface area contributed by atoms with Gasteiger partial charge in [-0.05, 0) is 18.8 Å². The summed E-state index contributed by atoms with van der Waals surface area (Å²) in [6, 6.07) is 0. The number of hydrogen-bond donors (Lipinski definition) is 2. The molecular weight excluding hydrogens is 196 g/mol. The standard InChI is InChI=1S/C9H12N4S/c10-8(14)7-9(12-4-3-11-7)13-5-6-1-2-6/h3-4,6H,1-2,5H2,(H2,10,14)(H,12,13). The molecule has 14 heavy (non-hydrogen) atoms. The zero-order valence-corrected chi connectivity index (χ0v) is 8.55. The van der Waals surface area contributed by atoms with Crippen LogP contribution in [0, 0.1) is 5.92 Å². The van der Waals surface area contributed by atoms with Crippen LogP contribution in [0.4, 0.5) is 5.82 Å². The summed E-state index contributed by atoms with van der Waals surface area (Å²) in [7, 11) is 0. The average Bonchev–Trinajstić information content (AvgIpc) is 2.98. The van der Waals surface area contributed by atoms with Crippen molar-refractivity contribution in [1.29, 1.82) is 0 Å². The third-order valence-electron chi connectivity index (χ3n) is 2.19. The lowest BCUT2D eigenvalue weighted by Crippen LogP contribution is -2.17. The van der Waals surface area contributed by atoms with Crippen molar-refractivity contribution in [3.63, 3.8) is 0 Å². The van der Waals surface area contributed by atoms with E-state index in [9.17, 15) is 0 Å². The lowest BCUT2D eigenvalue weighted by atomic mass is 10.3. The fourth-order valence-corrected chi connectivity index (χ4v) is 1.36. The number of nitrogens with zero attached hydrogens (tertiary/aromatic N) is 2. The quantitative estimate of drug-likeness (QED) is 0.721. The van der Waals surface area contributed by atoms with Gasteiger partial charge in [0.1, 0.15) is 10.7 Å². The third-order valence-corrected chi connectivity index (χ3v) is 2.38. The highest BCUT2D eigenvalue weighted by atomic mass is 32.1. The van der Waals surface area contributed by atoms with Gasteiger partial charge in [-0.25, -0.2) is 9.97 Å². The Hall–Kier alpha value is -1.23. The molecule has 2 rings (SSSR count). The van der Waals surface area contributed by atoms with Crippen LogP contribution in [0.3, 0.4) is 0 Å². The highest BCUT2D eigenvalue weighted by Gasteiger charge is 2.21. The Bertz CT molecular complexity index is 348. The Labute approximate surface area is 87.9 Å². The van der Waals surface area contributed by atoms with E-state index in [1.54, 1.807) is 12.4 Å². The molecule has 74 valence electrons. The fourth-order valence-electron chi connectivity index (χ4n) is 1.21. The van der Waals surface area contributed by atoms with Gasteiger partial charge in [-0.15, -0.1) is 0 Å². The summed E-state index contributed by atoms with van der Waals surface area (Å²) in [4.78, 5) is 8.53. The van der Waals surface area contributed by atoms with Crippen LogP contribution in [0.5, 0.6) is 0 Å². The van der Waals surface area contributed by atoms with E-state index in [0.29, 0.717) is 11.5 Å². The van der Waals surface area contributed by atoms with Gasteiger partial charge < -0.3 is 11.1 Å². The molecule has 1 saturated carbocycles. The zero-order chi connectivity index (χ0) is 9.97. The van der Waals surface area contributed by atoms with Crippen molar-refractivity contribution in [2.75, 3.05) is 11.9 Å². The zero-order valence-electron chi connectivity index (χ0n) is 7.73. The van der Waals surface area contributed by atoms with Crippen molar-refractivity contribution in [1.82, 2.24) is 9.97 Å². The Balaban J connectivity index is 2.09. The van der Waals surface area contributed by atoms with Gasteiger partial charge in [0.25, 0.3) is 0 Å². The fraction of sp³-hybridized carbons (Fsp3) is 0.444. The van der Waals surface area contributed by atoms with Crippen LogP contribution in [0.1, 0.15) is 18.5 Å². The lowest BCUT2D eigenvalue weighted by molar-refractivity contribution is 0.880. The normalized spacial score (nSPS) is 15.1. The van der Waals surface area contributed by atoms with Gasteiger partial charge in [0.05, 0.1) is 0 Å². The molecule has 3 N–H and O–H groups in total. The smallest absolute Gasteiger partial charge is 0.155 e. The molecule has 0 amide bonds. The van der Waals surface area contributed by atoms with Crippen LogP contribution < -0.4 is 11.1 Å². The summed E-state index contributed by atoms with van der Waals surface area (Å²) in [5.41, 5.74) is 6.11. The molecule has 1 aromatic heterocycles. The minimum atomic E-state index is 0.288. The van der Waals surface area contributed by atoms with E-state index >= 15 is 0 Å². The van der Waals surface area contributed by atoms with Crippen molar-refractivity contribution in [2.45, 2.75) is 12.8 Å². The molecule has 5 heteroatoms. The number of rotatable bonds is 4. The van der Waals surface area contributed by atoms with E-state index in [2.05, 4.69) is 15.3 Å². The second kappa shape index (κ2) is 3.88. The van der Waals surface area contributed by atoms with Crippen molar-refractivity contribution in [2.24, 2.45) is 11.7 Å². The van der Waals surface area contributed by atoms with Crippen molar-refractivity contribution < 1.29 is 0 Å². The summed E-state index contributed by atoms with van der Waals surface area (Å²) in [6.45, 7) is 0.939. The molecule has 1 fully saturated rings. The molecule has 0 saturated heterocycles. The summed E-state index contributed by atoms with van der Waals surface area (Å²) < 4.78 is 0. The number of anilines is 1. The van der Waals surface area contributed by atoms with E-state index in [1.807, 2.05) is 0 Å². The maximum atomic E-state index is 5.53. The van der Waals surface area contributed by atoms with Gasteiger partial charge >= 0.3 is 0 Å². The topological polar surface area (TPSA) is 63.8 Å². The predicted molar refractivity (Wildman–Crippen MR) is 59.1 cm³/mol. The van der Waals surface area contributed by atoms with Crippen LogP contribution in [0.15, 0.2) is 12.4 Å². The van der Waals surface area contributed by atoms with Crippen LogP contribution >= 0.6 is 12.2 Å². The van der Waals surface area contributed by atoms with Crippen LogP contribution in [-0.2, 0) is 0 Å². The maximum absolute atomic E-state index is 5.53. The molecule has 0 bridgehead atoms. The number of nitrogens with two attached hydrogens (primary N) is 1. The summed E-state index contributed by atoms with van der Waals surface area (Å²) in [6.07, 6.45) is 5.83.